The zero-order chi connectivity index (χ0) is 20.1. The molecule has 0 aliphatic carbocycles. The van der Waals surface area contributed by atoms with Crippen molar-refractivity contribution >= 4 is 23.2 Å². The first-order valence-corrected chi connectivity index (χ1v) is 8.86. The fraction of sp³-hybridized carbons (Fsp3) is 0.333. The van der Waals surface area contributed by atoms with Crippen LogP contribution in [0.1, 0.15) is 35.8 Å². The summed E-state index contributed by atoms with van der Waals surface area (Å²) >= 11 is 0.661. The Morgan fingerprint density at radius 3 is 2.41 bits per heavy atom. The maximum atomic E-state index is 13.7. The maximum absolute atomic E-state index is 13.7. The molecule has 0 spiro atoms. The summed E-state index contributed by atoms with van der Waals surface area (Å²) in [6, 6.07) is 6.25. The lowest BCUT2D eigenvalue weighted by molar-refractivity contribution is -0.130. The lowest BCUT2D eigenvalue weighted by Crippen LogP contribution is -2.52. The summed E-state index contributed by atoms with van der Waals surface area (Å²) in [7, 11) is 1.44. The number of rotatable bonds is 3. The van der Waals surface area contributed by atoms with E-state index in [-0.39, 0.29) is 22.1 Å². The van der Waals surface area contributed by atoms with Gasteiger partial charge < -0.3 is 10.8 Å². The first-order valence-electron chi connectivity index (χ1n) is 8.05. The van der Waals surface area contributed by atoms with Crippen molar-refractivity contribution in [1.82, 2.24) is 4.90 Å². The number of likely N-dealkylation sites (N-methyl/N-ethyl adjacent to an activating group) is 1. The zero-order valence-corrected chi connectivity index (χ0v) is 15.6. The summed E-state index contributed by atoms with van der Waals surface area (Å²) in [5.41, 5.74) is 4.67. The van der Waals surface area contributed by atoms with Crippen molar-refractivity contribution in [1.29, 1.82) is 0 Å². The smallest absolute Gasteiger partial charge is 0.270 e. The van der Waals surface area contributed by atoms with Gasteiger partial charge in [0, 0.05) is 25.6 Å². The second-order valence-corrected chi connectivity index (χ2v) is 7.73. The molecule has 27 heavy (non-hydrogen) atoms. The number of nitrogens with two attached hydrogens (primary N) is 1. The molecule has 0 fully saturated rings. The number of benzene rings is 1. The highest BCUT2D eigenvalue weighted by Gasteiger charge is 2.49. The normalized spacial score (nSPS) is 23.5. The third kappa shape index (κ3) is 3.16. The molecule has 0 bridgehead atoms. The molecule has 3 N–H and O–H groups in total. The molecule has 144 valence electrons. The van der Waals surface area contributed by atoms with E-state index in [4.69, 9.17) is 5.73 Å². The molecule has 1 aromatic carbocycles. The van der Waals surface area contributed by atoms with Crippen LogP contribution in [0.25, 0.3) is 0 Å². The van der Waals surface area contributed by atoms with Gasteiger partial charge in [-0.1, -0.05) is 24.3 Å². The van der Waals surface area contributed by atoms with Crippen LogP contribution >= 0.6 is 11.3 Å². The van der Waals surface area contributed by atoms with Crippen molar-refractivity contribution in [2.24, 2.45) is 10.7 Å². The molecule has 1 aliphatic heterocycles. The van der Waals surface area contributed by atoms with Gasteiger partial charge >= 0.3 is 0 Å². The summed E-state index contributed by atoms with van der Waals surface area (Å²) < 4.78 is 40.7. The predicted molar refractivity (Wildman–Crippen MR) is 96.4 cm³/mol. The van der Waals surface area contributed by atoms with Crippen LogP contribution in [0.4, 0.5) is 13.2 Å². The average Bonchev–Trinajstić information content (AvgIpc) is 2.92. The quantitative estimate of drug-likeness (QED) is 0.832. The lowest BCUT2D eigenvalue weighted by atomic mass is 9.77. The highest BCUT2D eigenvalue weighted by molar-refractivity contribution is 7.10. The van der Waals surface area contributed by atoms with E-state index in [1.165, 1.54) is 31.3 Å². The summed E-state index contributed by atoms with van der Waals surface area (Å²) in [4.78, 5) is 18.6. The summed E-state index contributed by atoms with van der Waals surface area (Å²) in [6.45, 7) is 2.34. The third-order valence-electron chi connectivity index (χ3n) is 4.72. The molecule has 1 aromatic heterocycles. The van der Waals surface area contributed by atoms with Crippen molar-refractivity contribution in [2.45, 2.75) is 31.2 Å². The first kappa shape index (κ1) is 19.2. The van der Waals surface area contributed by atoms with E-state index in [1.54, 1.807) is 6.92 Å². The van der Waals surface area contributed by atoms with Crippen molar-refractivity contribution in [3.8, 4) is 5.75 Å². The van der Waals surface area contributed by atoms with Crippen LogP contribution in [0.3, 0.4) is 0 Å². The number of hydrogen-bond acceptors (Lipinski definition) is 5. The van der Waals surface area contributed by atoms with Crippen LogP contribution in [-0.4, -0.2) is 28.9 Å². The van der Waals surface area contributed by atoms with Crippen LogP contribution in [0.15, 0.2) is 35.3 Å². The Labute approximate surface area is 157 Å². The van der Waals surface area contributed by atoms with Crippen LogP contribution in [0.5, 0.6) is 5.75 Å². The summed E-state index contributed by atoms with van der Waals surface area (Å²) in [6.07, 6.45) is 0. The van der Waals surface area contributed by atoms with Crippen molar-refractivity contribution in [3.63, 3.8) is 0 Å². The number of guanidine groups is 1. The molecule has 0 radical (unpaired) electrons. The molecular weight excluding hydrogens is 379 g/mol. The summed E-state index contributed by atoms with van der Waals surface area (Å²) in [5.74, 6) is -4.85. The Morgan fingerprint density at radius 2 is 1.93 bits per heavy atom. The molecule has 1 amide bonds. The molecule has 1 aliphatic rings. The largest absolute Gasteiger partial charge is 0.507 e. The number of aliphatic imine (C=N–C) groups is 1. The molecule has 3 rings (SSSR count). The highest BCUT2D eigenvalue weighted by Crippen LogP contribution is 2.49. The van der Waals surface area contributed by atoms with Gasteiger partial charge in [-0.3, -0.25) is 9.69 Å². The molecule has 2 heterocycles. The molecule has 0 saturated heterocycles. The van der Waals surface area contributed by atoms with E-state index < -0.39 is 28.4 Å². The maximum Gasteiger partial charge on any atom is 0.270 e. The van der Waals surface area contributed by atoms with Gasteiger partial charge in [0.2, 0.25) is 5.91 Å². The Morgan fingerprint density at radius 1 is 1.33 bits per heavy atom. The number of hydrogen-bond donors (Lipinski definition) is 2. The van der Waals surface area contributed by atoms with E-state index in [2.05, 4.69) is 4.99 Å². The number of nitrogens with zero attached hydrogens (tertiary/aromatic N) is 2. The number of aromatic hydroxyl groups is 1. The van der Waals surface area contributed by atoms with E-state index >= 15 is 0 Å². The zero-order valence-electron chi connectivity index (χ0n) is 14.8. The van der Waals surface area contributed by atoms with Gasteiger partial charge in [-0.15, -0.1) is 11.3 Å². The van der Waals surface area contributed by atoms with Crippen molar-refractivity contribution in [2.75, 3.05) is 7.05 Å². The van der Waals surface area contributed by atoms with Crippen LogP contribution in [0, 0.1) is 5.13 Å². The van der Waals surface area contributed by atoms with Crippen LogP contribution < -0.4 is 5.73 Å². The Hall–Kier alpha value is -2.55. The minimum Gasteiger partial charge on any atom is -0.507 e. The van der Waals surface area contributed by atoms with Gasteiger partial charge in [-0.25, -0.2) is 13.8 Å². The molecule has 5 nitrogen and oxygen atoms in total. The Kier molecular flexibility index (Phi) is 4.46. The highest BCUT2D eigenvalue weighted by atomic mass is 32.1. The van der Waals surface area contributed by atoms with Gasteiger partial charge in [-0.05, 0) is 12.5 Å². The first-order chi connectivity index (χ1) is 12.4. The minimum atomic E-state index is -3.02. The Bertz CT molecular complexity index is 921. The molecule has 9 heteroatoms. The monoisotopic (exact) mass is 397 g/mol. The topological polar surface area (TPSA) is 78.9 Å². The number of alkyl halides is 2. The fourth-order valence-corrected chi connectivity index (χ4v) is 4.16. The number of carbonyl (C=O) groups is 1. The standard InChI is InChI=1S/C18H18F3N3O2S/c1-17(14-11(25)8-12(19)27-14)13(15(26)24(3)16(22)23-17)9-4-6-10(7-5-9)18(2,20)21/h4-8,13,25H,1-3H3,(H2,22,23)/t13?,17-/m0/s1. The van der Waals surface area contributed by atoms with E-state index in [1.807, 2.05) is 0 Å². The number of amides is 1. The van der Waals surface area contributed by atoms with Gasteiger partial charge in [0.05, 0.1) is 10.8 Å². The van der Waals surface area contributed by atoms with E-state index in [0.717, 1.165) is 17.9 Å². The SMILES string of the molecule is CN1C(=O)C(c2ccc(C(C)(F)F)cc2)[C@@](C)(c2sc(F)cc2O)N=C1N. The molecular formula is C18H18F3N3O2S. The average molecular weight is 397 g/mol. The van der Waals surface area contributed by atoms with Gasteiger partial charge in [0.25, 0.3) is 5.92 Å². The van der Waals surface area contributed by atoms with Crippen molar-refractivity contribution < 1.29 is 23.1 Å². The van der Waals surface area contributed by atoms with E-state index in [0.29, 0.717) is 16.9 Å². The molecule has 0 saturated carbocycles. The molecule has 2 atom stereocenters. The van der Waals surface area contributed by atoms with Crippen LogP contribution in [0.2, 0.25) is 0 Å². The summed E-state index contributed by atoms with van der Waals surface area (Å²) in [5, 5.41) is 9.50. The number of halogens is 3. The third-order valence-corrected chi connectivity index (χ3v) is 5.86. The lowest BCUT2D eigenvalue weighted by Gasteiger charge is -2.40. The van der Waals surface area contributed by atoms with Crippen LogP contribution in [-0.2, 0) is 16.3 Å². The van der Waals surface area contributed by atoms with Gasteiger partial charge in [0.1, 0.15) is 11.3 Å². The number of carbonyl (C=O) groups excluding carboxylic acids is 1. The molecule has 2 aromatic rings. The second kappa shape index (κ2) is 6.26. The Balaban J connectivity index is 2.18. The fourth-order valence-electron chi connectivity index (χ4n) is 3.26. The minimum absolute atomic E-state index is 0.0799. The van der Waals surface area contributed by atoms with Crippen molar-refractivity contribution in [3.05, 3.63) is 51.5 Å². The molecule has 1 unspecified atom stereocenters. The van der Waals surface area contributed by atoms with E-state index in [9.17, 15) is 23.1 Å². The number of thiophene rings is 1. The van der Waals surface area contributed by atoms with Gasteiger partial charge in [0.15, 0.2) is 11.1 Å². The van der Waals surface area contributed by atoms with Gasteiger partial charge in [-0.2, -0.15) is 4.39 Å². The predicted octanol–water partition coefficient (Wildman–Crippen LogP) is 3.49. The second-order valence-electron chi connectivity index (χ2n) is 6.72.